The second-order valence-corrected chi connectivity index (χ2v) is 17.4. The number of phenols is 2. The second kappa shape index (κ2) is 20.7. The van der Waals surface area contributed by atoms with Gasteiger partial charge >= 0.3 is 5.97 Å². The first-order chi connectivity index (χ1) is 27.5. The summed E-state index contributed by atoms with van der Waals surface area (Å²) in [5, 5.41) is 25.7. The molecule has 0 saturated heterocycles. The maximum absolute atomic E-state index is 13.5. The van der Waals surface area contributed by atoms with Gasteiger partial charge < -0.3 is 39.2 Å². The number of unbranched alkanes of at least 4 members (excludes halogenated alkanes) is 3. The minimum atomic E-state index is -0.824. The van der Waals surface area contributed by atoms with Gasteiger partial charge in [-0.15, -0.1) is 0 Å². The number of ether oxygens (including phenoxy) is 5. The highest BCUT2D eigenvalue weighted by atomic mass is 16.6. The zero-order valence-electron chi connectivity index (χ0n) is 36.5. The number of hydrogen-bond donors (Lipinski definition) is 3. The molecule has 3 aromatic carbocycles. The summed E-state index contributed by atoms with van der Waals surface area (Å²) in [5.74, 6) is 2.60. The summed E-state index contributed by atoms with van der Waals surface area (Å²) in [6.07, 6.45) is 5.42. The quantitative estimate of drug-likeness (QED) is 0.0709. The van der Waals surface area contributed by atoms with E-state index in [0.717, 1.165) is 38.5 Å². The third-order valence-corrected chi connectivity index (χ3v) is 10.3. The lowest BCUT2D eigenvalue weighted by atomic mass is 9.61. The van der Waals surface area contributed by atoms with Crippen LogP contribution in [0.4, 0.5) is 0 Å². The monoisotopic (exact) mass is 801 g/mol. The summed E-state index contributed by atoms with van der Waals surface area (Å²) in [6.45, 7) is 22.7. The lowest BCUT2D eigenvalue weighted by Gasteiger charge is -2.43. The zero-order valence-corrected chi connectivity index (χ0v) is 36.5. The van der Waals surface area contributed by atoms with Gasteiger partial charge in [0, 0.05) is 23.8 Å². The molecule has 0 aromatic heterocycles. The first-order valence-corrected chi connectivity index (χ1v) is 20.9. The lowest BCUT2D eigenvalue weighted by molar-refractivity contribution is -0.165. The maximum Gasteiger partial charge on any atom is 0.312 e. The normalized spacial score (nSPS) is 14.4. The maximum atomic E-state index is 13.5. The second-order valence-electron chi connectivity index (χ2n) is 17.4. The Labute approximate surface area is 346 Å². The highest BCUT2D eigenvalue weighted by Gasteiger charge is 2.47. The third-order valence-electron chi connectivity index (χ3n) is 10.3. The number of rotatable bonds is 21. The average Bonchev–Trinajstić information content (AvgIpc) is 3.15. The van der Waals surface area contributed by atoms with Crippen LogP contribution in [0.25, 0.3) is 0 Å². The smallest absolute Gasteiger partial charge is 0.312 e. The van der Waals surface area contributed by atoms with Gasteiger partial charge in [0.25, 0.3) is 0 Å². The molecule has 318 valence electrons. The number of amidine groups is 2. The van der Waals surface area contributed by atoms with Gasteiger partial charge in [-0.1, -0.05) is 81.6 Å². The van der Waals surface area contributed by atoms with E-state index in [1.807, 2.05) is 19.1 Å². The topological polar surface area (TPSA) is 140 Å². The van der Waals surface area contributed by atoms with Crippen LogP contribution in [0.15, 0.2) is 64.6 Å². The number of phenolic OH excluding ortho intramolecular Hbond substituents is 2. The van der Waals surface area contributed by atoms with E-state index in [1.165, 1.54) is 0 Å². The molecule has 3 N–H and O–H groups in total. The Bertz CT molecular complexity index is 1800. The van der Waals surface area contributed by atoms with Crippen LogP contribution >= 0.6 is 0 Å². The van der Waals surface area contributed by atoms with Crippen LogP contribution in [0.2, 0.25) is 0 Å². The van der Waals surface area contributed by atoms with E-state index in [9.17, 15) is 15.0 Å². The molecule has 1 unspecified atom stereocenters. The number of nitrogens with one attached hydrogen (secondary N) is 1. The number of carbonyl (C=O) groups is 1. The van der Waals surface area contributed by atoms with E-state index >= 15 is 0 Å². The zero-order chi connectivity index (χ0) is 42.5. The van der Waals surface area contributed by atoms with Gasteiger partial charge in [-0.25, -0.2) is 9.98 Å². The molecule has 58 heavy (non-hydrogen) atoms. The number of hydrogen-bond acceptors (Lipinski definition) is 11. The van der Waals surface area contributed by atoms with E-state index in [4.69, 9.17) is 33.7 Å². The molecule has 0 saturated carbocycles. The molecule has 1 heterocycles. The summed E-state index contributed by atoms with van der Waals surface area (Å²) in [7, 11) is 0. The summed E-state index contributed by atoms with van der Waals surface area (Å²) in [4.78, 5) is 23.4. The fourth-order valence-corrected chi connectivity index (χ4v) is 6.56. The Hall–Kier alpha value is -4.93. The first kappa shape index (κ1) is 45.8. The fourth-order valence-electron chi connectivity index (χ4n) is 6.56. The number of nitrogens with zero attached hydrogens (tertiary/aromatic N) is 2. The van der Waals surface area contributed by atoms with Crippen molar-refractivity contribution in [3.05, 3.63) is 71.3 Å². The van der Waals surface area contributed by atoms with Crippen LogP contribution in [0, 0.1) is 16.2 Å². The summed E-state index contributed by atoms with van der Waals surface area (Å²) >= 11 is 0. The van der Waals surface area contributed by atoms with Gasteiger partial charge in [-0.3, -0.25) is 4.79 Å². The molecular weight excluding hydrogens is 735 g/mol. The van der Waals surface area contributed by atoms with Crippen LogP contribution in [0.5, 0.6) is 34.5 Å². The summed E-state index contributed by atoms with van der Waals surface area (Å²) in [6, 6.07) is 15.7. The number of aliphatic imine (C=N–C) groups is 2. The third kappa shape index (κ3) is 12.5. The predicted molar refractivity (Wildman–Crippen MR) is 231 cm³/mol. The molecule has 11 nitrogen and oxygen atoms in total. The molecule has 0 radical (unpaired) electrons. The van der Waals surface area contributed by atoms with Crippen LogP contribution in [0.1, 0.15) is 137 Å². The van der Waals surface area contributed by atoms with Crippen molar-refractivity contribution < 1.29 is 38.7 Å². The molecule has 0 amide bonds. The summed E-state index contributed by atoms with van der Waals surface area (Å²) < 4.78 is 30.0. The number of carbonyl (C=O) groups excluding carboxylic acids is 1. The van der Waals surface area contributed by atoms with E-state index in [2.05, 4.69) is 67.6 Å². The molecule has 0 bridgehead atoms. The molecule has 3 aromatic rings. The van der Waals surface area contributed by atoms with Crippen molar-refractivity contribution in [2.24, 2.45) is 26.2 Å². The Balaban J connectivity index is 1.66. The molecule has 0 aliphatic carbocycles. The summed E-state index contributed by atoms with van der Waals surface area (Å²) in [5.41, 5.74) is 0.503. The SMILES string of the molecule is CCCCOc1ccc(C2=NC(c3ccc(OCCOC(=O)C(C)(CC(C)(C)C)C(C)(C)C)cc3OCCCC)N=C(c3ccc(OCCCC)cc3O)N2)c(O)c1. The number of aromatic hydroxyl groups is 2. The highest BCUT2D eigenvalue weighted by molar-refractivity contribution is 6.17. The van der Waals surface area contributed by atoms with Crippen molar-refractivity contribution in [2.45, 2.75) is 120 Å². The molecule has 4 rings (SSSR count). The van der Waals surface area contributed by atoms with E-state index in [-0.39, 0.29) is 41.5 Å². The van der Waals surface area contributed by atoms with Gasteiger partial charge in [0.05, 0.1) is 36.4 Å². The Morgan fingerprint density at radius 3 is 1.57 bits per heavy atom. The Morgan fingerprint density at radius 2 is 1.10 bits per heavy atom. The Morgan fingerprint density at radius 1 is 0.638 bits per heavy atom. The van der Waals surface area contributed by atoms with E-state index < -0.39 is 11.6 Å². The lowest BCUT2D eigenvalue weighted by Crippen LogP contribution is -2.44. The van der Waals surface area contributed by atoms with Crippen molar-refractivity contribution in [3.8, 4) is 34.5 Å². The number of benzene rings is 3. The molecule has 11 heteroatoms. The minimum Gasteiger partial charge on any atom is -0.507 e. The van der Waals surface area contributed by atoms with Crippen LogP contribution in [0.3, 0.4) is 0 Å². The number of esters is 1. The van der Waals surface area contributed by atoms with Crippen LogP contribution in [-0.4, -0.2) is 60.9 Å². The highest BCUT2D eigenvalue weighted by Crippen LogP contribution is 2.47. The largest absolute Gasteiger partial charge is 0.507 e. The van der Waals surface area contributed by atoms with Gasteiger partial charge in [0.15, 0.2) is 6.17 Å². The average molecular weight is 802 g/mol. The molecular formula is C47H67N3O8. The van der Waals surface area contributed by atoms with Gasteiger partial charge in [-0.05, 0) is 79.8 Å². The van der Waals surface area contributed by atoms with Crippen molar-refractivity contribution in [2.75, 3.05) is 33.0 Å². The minimum absolute atomic E-state index is 0.0192. The molecule has 1 aliphatic rings. The fraction of sp³-hybridized carbons (Fsp3) is 0.553. The van der Waals surface area contributed by atoms with Crippen molar-refractivity contribution in [3.63, 3.8) is 0 Å². The van der Waals surface area contributed by atoms with Crippen molar-refractivity contribution >= 4 is 17.6 Å². The van der Waals surface area contributed by atoms with Gasteiger partial charge in [0.2, 0.25) is 0 Å². The van der Waals surface area contributed by atoms with Crippen molar-refractivity contribution in [1.82, 2.24) is 5.32 Å². The predicted octanol–water partition coefficient (Wildman–Crippen LogP) is 10.5. The van der Waals surface area contributed by atoms with Gasteiger partial charge in [-0.2, -0.15) is 0 Å². The van der Waals surface area contributed by atoms with E-state index in [0.29, 0.717) is 77.6 Å². The van der Waals surface area contributed by atoms with Crippen LogP contribution < -0.4 is 24.3 Å². The Kier molecular flexibility index (Phi) is 16.3. The first-order valence-electron chi connectivity index (χ1n) is 20.9. The van der Waals surface area contributed by atoms with E-state index in [1.54, 1.807) is 42.5 Å². The van der Waals surface area contributed by atoms with Gasteiger partial charge in [0.1, 0.15) is 59.4 Å². The molecule has 1 atom stereocenters. The molecule has 1 aliphatic heterocycles. The molecule has 0 spiro atoms. The van der Waals surface area contributed by atoms with Crippen molar-refractivity contribution in [1.29, 1.82) is 0 Å². The molecule has 0 fully saturated rings. The van der Waals surface area contributed by atoms with Crippen LogP contribution in [-0.2, 0) is 9.53 Å². The standard InChI is InChI=1S/C47H67N3O8/c1-11-14-23-54-32-17-20-35(38(51)28-32)41-48-42(36-21-18-33(29-39(36)52)55-24-15-12-2)50-43(49-41)37-22-19-34(30-40(37)57-25-16-13-3)56-26-27-58-44(53)47(10,46(7,8)9)31-45(4,5)6/h17-22,28-30,43,51-52H,11-16,23-27,31H2,1-10H3,(H,48,49,50).